The zero-order valence-electron chi connectivity index (χ0n) is 17.2. The van der Waals surface area contributed by atoms with Crippen LogP contribution in [0.3, 0.4) is 0 Å². The smallest absolute Gasteiger partial charge is 0.463 e. The van der Waals surface area contributed by atoms with Gasteiger partial charge in [0.05, 0.1) is 12.0 Å². The summed E-state index contributed by atoms with van der Waals surface area (Å²) in [5, 5.41) is -5.09. The fourth-order valence-electron chi connectivity index (χ4n) is 5.77. The fraction of sp³-hybridized carbons (Fsp3) is 0.789. The van der Waals surface area contributed by atoms with E-state index in [4.69, 9.17) is 18.8 Å². The predicted molar refractivity (Wildman–Crippen MR) is 98.8 cm³/mol. The van der Waals surface area contributed by atoms with Gasteiger partial charge in [-0.1, -0.05) is 0 Å². The quantitative estimate of drug-likeness (QED) is 0.299. The molecule has 0 aromatic heterocycles. The summed E-state index contributed by atoms with van der Waals surface area (Å²) in [6.45, 7) is -0.574. The molecule has 1 heterocycles. The van der Waals surface area contributed by atoms with Gasteiger partial charge in [0.15, 0.2) is 6.61 Å². The summed E-state index contributed by atoms with van der Waals surface area (Å²) in [6.07, 6.45) is -0.0989. The Kier molecular flexibility index (Phi) is 5.88. The van der Waals surface area contributed by atoms with Gasteiger partial charge in [-0.3, -0.25) is 9.35 Å². The van der Waals surface area contributed by atoms with Crippen LogP contribution >= 0.6 is 0 Å². The highest BCUT2D eigenvalue weighted by atomic mass is 32.2. The summed E-state index contributed by atoms with van der Waals surface area (Å²) in [6, 6.07) is 0. The first-order chi connectivity index (χ1) is 15.3. The van der Waals surface area contributed by atoms with Gasteiger partial charge in [0.2, 0.25) is 6.10 Å². The van der Waals surface area contributed by atoms with E-state index in [-0.39, 0.29) is 31.8 Å². The van der Waals surface area contributed by atoms with Gasteiger partial charge in [0.25, 0.3) is 0 Å². The number of carbonyl (C=O) groups is 4. The van der Waals surface area contributed by atoms with Gasteiger partial charge in [-0.15, -0.1) is 0 Å². The molecule has 1 saturated heterocycles. The van der Waals surface area contributed by atoms with Crippen LogP contribution in [0, 0.1) is 23.2 Å². The molecule has 14 heteroatoms. The average Bonchev–Trinajstić information content (AvgIpc) is 3.11. The van der Waals surface area contributed by atoms with Crippen molar-refractivity contribution in [2.45, 2.75) is 56.0 Å². The maximum atomic E-state index is 13.6. The highest BCUT2D eigenvalue weighted by Crippen LogP contribution is 2.61. The van der Waals surface area contributed by atoms with Crippen LogP contribution in [0.5, 0.6) is 0 Å². The molecule has 1 aliphatic heterocycles. The SMILES string of the molecule is O=C(COC(=O)C12CC3CC(C1)C(OC(=O)C(F)(F)S(=O)(=O)O)C(C3)C2)OC1CCOC1=O. The van der Waals surface area contributed by atoms with E-state index in [1.807, 2.05) is 0 Å². The molecule has 0 aromatic rings. The van der Waals surface area contributed by atoms with Crippen molar-refractivity contribution in [2.75, 3.05) is 13.2 Å². The lowest BCUT2D eigenvalue weighted by Gasteiger charge is -2.57. The molecule has 5 rings (SSSR count). The van der Waals surface area contributed by atoms with Crippen molar-refractivity contribution in [1.82, 2.24) is 0 Å². The first-order valence-corrected chi connectivity index (χ1v) is 11.9. The maximum Gasteiger partial charge on any atom is 0.465 e. The number of carbonyl (C=O) groups excluding carboxylic acids is 4. The number of esters is 4. The molecule has 4 saturated carbocycles. The third kappa shape index (κ3) is 4.29. The van der Waals surface area contributed by atoms with Crippen molar-refractivity contribution in [3.63, 3.8) is 0 Å². The molecular formula is C19H22F2O11S. The predicted octanol–water partition coefficient (Wildman–Crippen LogP) is 0.607. The molecule has 0 spiro atoms. The zero-order valence-corrected chi connectivity index (χ0v) is 18.1. The Morgan fingerprint density at radius 1 is 1.12 bits per heavy atom. The summed E-state index contributed by atoms with van der Waals surface area (Å²) < 4.78 is 77.1. The molecule has 0 radical (unpaired) electrons. The molecular weight excluding hydrogens is 474 g/mol. The minimum absolute atomic E-state index is 0.0484. The Labute approximate surface area is 186 Å². The highest BCUT2D eigenvalue weighted by Gasteiger charge is 2.62. The van der Waals surface area contributed by atoms with Crippen LogP contribution in [-0.2, 0) is 48.2 Å². The van der Waals surface area contributed by atoms with Gasteiger partial charge in [-0.2, -0.15) is 17.2 Å². The van der Waals surface area contributed by atoms with Crippen LogP contribution in [0.1, 0.15) is 38.5 Å². The molecule has 184 valence electrons. The van der Waals surface area contributed by atoms with Crippen molar-refractivity contribution >= 4 is 34.0 Å². The molecule has 3 atom stereocenters. The number of alkyl halides is 2. The number of hydrogen-bond acceptors (Lipinski definition) is 10. The molecule has 0 aromatic carbocycles. The third-order valence-corrected chi connectivity index (χ3v) is 7.72. The summed E-state index contributed by atoms with van der Waals surface area (Å²) in [5.41, 5.74) is -0.989. The highest BCUT2D eigenvalue weighted by molar-refractivity contribution is 7.87. The first-order valence-electron chi connectivity index (χ1n) is 10.4. The molecule has 3 unspecified atom stereocenters. The van der Waals surface area contributed by atoms with E-state index in [1.54, 1.807) is 0 Å². The lowest BCUT2D eigenvalue weighted by molar-refractivity contribution is -0.204. The first kappa shape index (κ1) is 23.8. The van der Waals surface area contributed by atoms with E-state index >= 15 is 0 Å². The number of hydrogen-bond donors (Lipinski definition) is 1. The molecule has 1 N–H and O–H groups in total. The summed E-state index contributed by atoms with van der Waals surface area (Å²) in [5.74, 6) is -5.51. The molecule has 5 aliphatic rings. The lowest BCUT2D eigenvalue weighted by atomic mass is 9.48. The Morgan fingerprint density at radius 3 is 2.30 bits per heavy atom. The van der Waals surface area contributed by atoms with E-state index in [2.05, 4.69) is 4.74 Å². The van der Waals surface area contributed by atoms with Crippen LogP contribution in [0.4, 0.5) is 8.78 Å². The molecule has 33 heavy (non-hydrogen) atoms. The number of cyclic esters (lactones) is 1. The van der Waals surface area contributed by atoms with Gasteiger partial charge in [-0.05, 0) is 49.9 Å². The maximum absolute atomic E-state index is 13.6. The van der Waals surface area contributed by atoms with Crippen LogP contribution in [-0.4, -0.2) is 67.5 Å². The third-order valence-electron chi connectivity index (χ3n) is 6.91. The normalized spacial score (nSPS) is 35.1. The van der Waals surface area contributed by atoms with Crippen LogP contribution in [0.15, 0.2) is 0 Å². The van der Waals surface area contributed by atoms with Gasteiger partial charge >= 0.3 is 39.2 Å². The van der Waals surface area contributed by atoms with Crippen LogP contribution < -0.4 is 0 Å². The summed E-state index contributed by atoms with van der Waals surface area (Å²) >= 11 is 0. The Bertz CT molecular complexity index is 962. The zero-order chi connectivity index (χ0) is 24.2. The Morgan fingerprint density at radius 2 is 1.76 bits per heavy atom. The average molecular weight is 496 g/mol. The second-order valence-corrected chi connectivity index (χ2v) is 10.6. The van der Waals surface area contributed by atoms with Gasteiger partial charge in [0.1, 0.15) is 6.10 Å². The second-order valence-electron chi connectivity index (χ2n) is 9.12. The van der Waals surface area contributed by atoms with E-state index < -0.39 is 75.3 Å². The van der Waals surface area contributed by atoms with Crippen molar-refractivity contribution < 1.29 is 59.9 Å². The van der Waals surface area contributed by atoms with Crippen molar-refractivity contribution in [3.05, 3.63) is 0 Å². The fourth-order valence-corrected chi connectivity index (χ4v) is 6.03. The van der Waals surface area contributed by atoms with Crippen molar-refractivity contribution in [1.29, 1.82) is 0 Å². The molecule has 11 nitrogen and oxygen atoms in total. The monoisotopic (exact) mass is 496 g/mol. The van der Waals surface area contributed by atoms with Crippen LogP contribution in [0.2, 0.25) is 0 Å². The summed E-state index contributed by atoms with van der Waals surface area (Å²) in [7, 11) is -5.99. The lowest BCUT2D eigenvalue weighted by Crippen LogP contribution is -2.58. The van der Waals surface area contributed by atoms with E-state index in [0.29, 0.717) is 19.3 Å². The minimum atomic E-state index is -5.99. The van der Waals surface area contributed by atoms with E-state index in [1.165, 1.54) is 0 Å². The van der Waals surface area contributed by atoms with Gasteiger partial charge in [-0.25, -0.2) is 14.4 Å². The number of ether oxygens (including phenoxy) is 4. The topological polar surface area (TPSA) is 160 Å². The number of halogens is 2. The van der Waals surface area contributed by atoms with Crippen LogP contribution in [0.25, 0.3) is 0 Å². The second kappa shape index (κ2) is 8.15. The molecule has 5 fully saturated rings. The standard InChI is InChI=1S/C19H22F2O11S/c20-19(21,33(26,27)28)17(25)32-14-10-3-9-4-11(14)7-18(5-9,6-10)16(24)30-8-13(22)31-12-1-2-29-15(12)23/h9-12,14H,1-8H2,(H,26,27,28). The minimum Gasteiger partial charge on any atom is -0.463 e. The van der Waals surface area contributed by atoms with Gasteiger partial charge < -0.3 is 18.9 Å². The largest absolute Gasteiger partial charge is 0.465 e. The molecule has 0 amide bonds. The molecule has 4 bridgehead atoms. The number of rotatable bonds is 7. The Hall–Kier alpha value is -2.35. The summed E-state index contributed by atoms with van der Waals surface area (Å²) in [4.78, 5) is 47.9. The Balaban J connectivity index is 1.37. The van der Waals surface area contributed by atoms with Crippen molar-refractivity contribution in [2.24, 2.45) is 23.2 Å². The molecule has 4 aliphatic carbocycles. The van der Waals surface area contributed by atoms with E-state index in [0.717, 1.165) is 0 Å². The van der Waals surface area contributed by atoms with Crippen molar-refractivity contribution in [3.8, 4) is 0 Å². The van der Waals surface area contributed by atoms with Gasteiger partial charge in [0, 0.05) is 6.42 Å². The van der Waals surface area contributed by atoms with E-state index in [9.17, 15) is 36.4 Å².